The minimum atomic E-state index is -0.156. The number of hydrogen-bond acceptors (Lipinski definition) is 4. The van der Waals surface area contributed by atoms with Crippen molar-refractivity contribution in [2.75, 3.05) is 9.80 Å². The molecule has 2 fully saturated rings. The van der Waals surface area contributed by atoms with Crippen molar-refractivity contribution >= 4 is 57.2 Å². The maximum atomic E-state index is 6.09. The van der Waals surface area contributed by atoms with Crippen molar-refractivity contribution < 1.29 is 0 Å². The zero-order valence-corrected chi connectivity index (χ0v) is 62.3. The molecule has 5 heteroatoms. The summed E-state index contributed by atoms with van der Waals surface area (Å²) in [6.07, 6.45) is 12.2. The first-order valence-corrected chi connectivity index (χ1v) is 40.0. The molecular weight excluding hydrogens is 1340 g/mol. The quantitative estimate of drug-likeness (QED) is 0.0958. The maximum Gasteiger partial charge on any atom is 0.252 e. The Morgan fingerprint density at radius 2 is 0.477 bits per heavy atom. The molecule has 0 radical (unpaired) electrons. The van der Waals surface area contributed by atoms with Crippen molar-refractivity contribution in [3.05, 3.63) is 381 Å². The third-order valence-corrected chi connectivity index (χ3v) is 23.9. The minimum Gasteiger partial charge on any atom is -0.311 e. The summed E-state index contributed by atoms with van der Waals surface area (Å²) in [5.74, 6) is 1.53. The molecule has 16 aromatic rings. The molecule has 0 bridgehead atoms. The van der Waals surface area contributed by atoms with Gasteiger partial charge in [0.2, 0.25) is 0 Å². The molecule has 3 heterocycles. The fourth-order valence-electron chi connectivity index (χ4n) is 18.4. The lowest BCUT2D eigenvalue weighted by atomic mass is 9.33. The van der Waals surface area contributed by atoms with E-state index in [-0.39, 0.29) is 6.71 Å². The highest BCUT2D eigenvalue weighted by molar-refractivity contribution is 7.00. The van der Waals surface area contributed by atoms with Gasteiger partial charge in [-0.25, -0.2) is 9.97 Å². The maximum absolute atomic E-state index is 6.09. The Bertz CT molecular complexity index is 5480. The van der Waals surface area contributed by atoms with Gasteiger partial charge in [0, 0.05) is 50.8 Å². The van der Waals surface area contributed by atoms with Gasteiger partial charge in [0.1, 0.15) is 0 Å². The molecule has 0 amide bonds. The standard InChI is InChI=1S/C106H83BN4/c1-11-31-72(32-12-1)82-51-53-97-101(67-82)110(95-63-88(78-43-23-7-24-44-78)57-89(64-95)79-45-25-8-26-46-79)103-69-94(70-104-105(103)107(97)98-54-52-83(73-33-13-2-14-34-73)68-102(98)111(104)96-65-90(80-47-27-9-28-48-80)58-91(66-96)81-49-29-10-30-50-81)106-108-99(92-59-84(74-35-15-3-16-36-74)55-85(60-92)75-37-17-4-18-38-75)71-100(109-106)93-61-86(76-39-19-5-20-40-76)56-87(62-93)77-41-21-6-22-42-77/h3-10,15-30,35-73H,1-2,11-14,31-34H2. The first kappa shape index (κ1) is 67.4. The Morgan fingerprint density at radius 3 is 0.757 bits per heavy atom. The van der Waals surface area contributed by atoms with E-state index < -0.39 is 0 Å². The highest BCUT2D eigenvalue weighted by atomic mass is 15.2. The van der Waals surface area contributed by atoms with Gasteiger partial charge in [-0.1, -0.05) is 305 Å². The van der Waals surface area contributed by atoms with Crippen molar-refractivity contribution in [2.45, 2.75) is 76.0 Å². The average molecular weight is 1420 g/mol. The summed E-state index contributed by atoms with van der Waals surface area (Å²) >= 11 is 0. The van der Waals surface area contributed by atoms with E-state index in [2.05, 4.69) is 380 Å². The summed E-state index contributed by atoms with van der Waals surface area (Å²) in [6, 6.07) is 139. The molecular formula is C106H83BN4. The SMILES string of the molecule is c1ccc(-c2cc(-c3ccccc3)cc(-c3cc(-c4cc(-c5ccccc5)cc(-c5ccccc5)c4)nc(-c4cc5c6c(c4)N(c4cc(-c7ccccc7)cc(-c7ccccc7)c4)c4cc(C7CCCCC7)ccc4B6c4ccc(C6CCCCC6)cc4N5c4cc(-c5ccccc5)cc(-c5ccccc5)c4)n3)c2)cc1. The lowest BCUT2D eigenvalue weighted by Gasteiger charge is -2.45. The fourth-order valence-corrected chi connectivity index (χ4v) is 18.4. The number of hydrogen-bond donors (Lipinski definition) is 0. The van der Waals surface area contributed by atoms with E-state index in [0.29, 0.717) is 17.7 Å². The lowest BCUT2D eigenvalue weighted by Crippen LogP contribution is -2.61. The molecule has 4 nitrogen and oxygen atoms in total. The summed E-state index contributed by atoms with van der Waals surface area (Å²) in [4.78, 5) is 17.5. The minimum absolute atomic E-state index is 0.156. The first-order chi connectivity index (χ1) is 55.0. The van der Waals surface area contributed by atoms with E-state index in [9.17, 15) is 0 Å². The number of fused-ring (bicyclic) bond motifs is 4. The molecule has 530 valence electrons. The van der Waals surface area contributed by atoms with E-state index >= 15 is 0 Å². The number of benzene rings is 15. The van der Waals surface area contributed by atoms with Crippen molar-refractivity contribution in [3.63, 3.8) is 0 Å². The Hall–Kier alpha value is -13.0. The monoisotopic (exact) mass is 1420 g/mol. The second kappa shape index (κ2) is 29.6. The highest BCUT2D eigenvalue weighted by Gasteiger charge is 2.45. The van der Waals surface area contributed by atoms with Crippen LogP contribution < -0.4 is 26.2 Å². The van der Waals surface area contributed by atoms with Gasteiger partial charge in [-0.3, -0.25) is 0 Å². The van der Waals surface area contributed by atoms with Crippen molar-refractivity contribution in [1.82, 2.24) is 9.97 Å². The third-order valence-electron chi connectivity index (χ3n) is 23.9. The van der Waals surface area contributed by atoms with E-state index in [0.717, 1.165) is 140 Å². The molecule has 0 atom stereocenters. The van der Waals surface area contributed by atoms with Gasteiger partial charge in [0.15, 0.2) is 5.82 Å². The summed E-state index contributed by atoms with van der Waals surface area (Å²) in [7, 11) is 0. The zero-order chi connectivity index (χ0) is 73.6. The average Bonchev–Trinajstić information content (AvgIpc) is 0.692. The predicted octanol–water partition coefficient (Wildman–Crippen LogP) is 27.0. The topological polar surface area (TPSA) is 32.3 Å². The van der Waals surface area contributed by atoms with Crippen LogP contribution in [0.15, 0.2) is 370 Å². The van der Waals surface area contributed by atoms with Crippen LogP contribution in [0, 0.1) is 0 Å². The van der Waals surface area contributed by atoms with Gasteiger partial charge < -0.3 is 9.80 Å². The Labute approximate surface area is 652 Å². The number of aromatic nitrogens is 2. The van der Waals surface area contributed by atoms with Gasteiger partial charge in [-0.05, 0) is 257 Å². The molecule has 111 heavy (non-hydrogen) atoms. The zero-order valence-electron chi connectivity index (χ0n) is 62.3. The van der Waals surface area contributed by atoms with Crippen LogP contribution in [-0.4, -0.2) is 16.7 Å². The van der Waals surface area contributed by atoms with Gasteiger partial charge >= 0.3 is 0 Å². The van der Waals surface area contributed by atoms with Gasteiger partial charge in [0.25, 0.3) is 6.71 Å². The molecule has 2 aliphatic carbocycles. The number of nitrogens with zero attached hydrogens (tertiary/aromatic N) is 4. The van der Waals surface area contributed by atoms with E-state index in [1.54, 1.807) is 0 Å². The molecule has 2 aliphatic heterocycles. The van der Waals surface area contributed by atoms with E-state index in [1.165, 1.54) is 103 Å². The Morgan fingerprint density at radius 1 is 0.216 bits per heavy atom. The molecule has 15 aromatic carbocycles. The van der Waals surface area contributed by atoms with Crippen LogP contribution in [0.3, 0.4) is 0 Å². The van der Waals surface area contributed by atoms with E-state index in [1.807, 2.05) is 0 Å². The molecule has 0 saturated heterocycles. The van der Waals surface area contributed by atoms with Gasteiger partial charge in [-0.2, -0.15) is 0 Å². The largest absolute Gasteiger partial charge is 0.311 e. The van der Waals surface area contributed by atoms with Crippen molar-refractivity contribution in [2.24, 2.45) is 0 Å². The lowest BCUT2D eigenvalue weighted by molar-refractivity contribution is 0.444. The molecule has 4 aliphatic rings. The third kappa shape index (κ3) is 13.3. The number of anilines is 6. The van der Waals surface area contributed by atoms with Crippen LogP contribution in [0.25, 0.3) is 123 Å². The summed E-state index contributed by atoms with van der Waals surface area (Å²) in [5.41, 5.74) is 36.3. The van der Waals surface area contributed by atoms with Crippen LogP contribution in [-0.2, 0) is 0 Å². The normalized spacial score (nSPS) is 14.0. The van der Waals surface area contributed by atoms with Crippen LogP contribution >= 0.6 is 0 Å². The molecule has 1 aromatic heterocycles. The van der Waals surface area contributed by atoms with E-state index in [4.69, 9.17) is 9.97 Å². The van der Waals surface area contributed by atoms with Crippen molar-refractivity contribution in [1.29, 1.82) is 0 Å². The molecule has 0 spiro atoms. The Kier molecular flexibility index (Phi) is 17.9. The summed E-state index contributed by atoms with van der Waals surface area (Å²) < 4.78 is 0. The second-order valence-corrected chi connectivity index (χ2v) is 30.9. The Balaban J connectivity index is 0.923. The highest BCUT2D eigenvalue weighted by Crippen LogP contribution is 2.51. The fraction of sp³-hybridized carbons (Fsp3) is 0.113. The molecule has 20 rings (SSSR count). The van der Waals surface area contributed by atoms with Gasteiger partial charge in [-0.15, -0.1) is 0 Å². The number of rotatable bonds is 15. The van der Waals surface area contributed by atoms with Crippen LogP contribution in [0.2, 0.25) is 0 Å². The molecule has 2 saturated carbocycles. The van der Waals surface area contributed by atoms with Gasteiger partial charge in [0.05, 0.1) is 11.4 Å². The second-order valence-electron chi connectivity index (χ2n) is 30.9. The molecule has 0 N–H and O–H groups in total. The van der Waals surface area contributed by atoms with Crippen LogP contribution in [0.4, 0.5) is 34.1 Å². The van der Waals surface area contributed by atoms with Crippen molar-refractivity contribution in [3.8, 4) is 123 Å². The first-order valence-electron chi connectivity index (χ1n) is 40.0. The van der Waals surface area contributed by atoms with Crippen LogP contribution in [0.1, 0.15) is 87.2 Å². The van der Waals surface area contributed by atoms with Crippen LogP contribution in [0.5, 0.6) is 0 Å². The molecule has 0 unspecified atom stereocenters. The summed E-state index contributed by atoms with van der Waals surface area (Å²) in [6.45, 7) is -0.156. The smallest absolute Gasteiger partial charge is 0.252 e. The predicted molar refractivity (Wildman–Crippen MR) is 468 cm³/mol. The summed E-state index contributed by atoms with van der Waals surface area (Å²) in [5, 5.41) is 0.